The number of aliphatic imine (C=N–C) groups is 1. The van der Waals surface area contributed by atoms with Crippen LogP contribution in [0.25, 0.3) is 0 Å². The van der Waals surface area contributed by atoms with Gasteiger partial charge in [0, 0.05) is 26.0 Å². The van der Waals surface area contributed by atoms with E-state index in [1.54, 1.807) is 25.5 Å². The standard InChI is InChI=1S/C18H26N4O2S.HI/c1-14-21-15(13-25-14)12-22(3)18(19-2)20-10-5-11-24-17-8-6-16(23-4)7-9-17;/h6-9,13H,5,10-12H2,1-4H3,(H,19,20);1H. The lowest BCUT2D eigenvalue weighted by Crippen LogP contribution is -2.39. The lowest BCUT2D eigenvalue weighted by atomic mass is 10.3. The minimum Gasteiger partial charge on any atom is -0.497 e. The number of thiazole rings is 1. The molecule has 144 valence electrons. The Morgan fingerprint density at radius 1 is 1.27 bits per heavy atom. The van der Waals surface area contributed by atoms with Crippen LogP contribution in [0.4, 0.5) is 0 Å². The number of rotatable bonds is 8. The largest absolute Gasteiger partial charge is 0.497 e. The fourth-order valence-corrected chi connectivity index (χ4v) is 2.92. The van der Waals surface area contributed by atoms with Gasteiger partial charge in [-0.1, -0.05) is 0 Å². The van der Waals surface area contributed by atoms with Crippen molar-refractivity contribution in [2.75, 3.05) is 34.4 Å². The van der Waals surface area contributed by atoms with Gasteiger partial charge in [0.1, 0.15) is 11.5 Å². The molecule has 1 aromatic carbocycles. The average molecular weight is 490 g/mol. The second kappa shape index (κ2) is 11.9. The molecule has 0 atom stereocenters. The molecule has 0 fully saturated rings. The van der Waals surface area contributed by atoms with Crippen LogP contribution in [0.3, 0.4) is 0 Å². The van der Waals surface area contributed by atoms with E-state index in [0.717, 1.165) is 47.7 Å². The topological polar surface area (TPSA) is 59.0 Å². The van der Waals surface area contributed by atoms with Gasteiger partial charge >= 0.3 is 0 Å². The Bertz CT molecular complexity index is 676. The van der Waals surface area contributed by atoms with Crippen molar-refractivity contribution in [3.05, 3.63) is 40.3 Å². The van der Waals surface area contributed by atoms with Crippen LogP contribution < -0.4 is 14.8 Å². The second-order valence-corrected chi connectivity index (χ2v) is 6.63. The van der Waals surface area contributed by atoms with Crippen molar-refractivity contribution in [3.8, 4) is 11.5 Å². The molecule has 2 rings (SSSR count). The number of methoxy groups -OCH3 is 1. The van der Waals surface area contributed by atoms with Gasteiger partial charge in [-0.2, -0.15) is 0 Å². The van der Waals surface area contributed by atoms with Crippen molar-refractivity contribution in [2.45, 2.75) is 19.9 Å². The quantitative estimate of drug-likeness (QED) is 0.266. The van der Waals surface area contributed by atoms with Crippen LogP contribution in [0.15, 0.2) is 34.6 Å². The van der Waals surface area contributed by atoms with Gasteiger partial charge < -0.3 is 19.7 Å². The highest BCUT2D eigenvalue weighted by Gasteiger charge is 2.08. The number of nitrogens with zero attached hydrogens (tertiary/aromatic N) is 3. The summed E-state index contributed by atoms with van der Waals surface area (Å²) in [5.41, 5.74) is 1.07. The number of ether oxygens (including phenoxy) is 2. The molecule has 0 aliphatic carbocycles. The highest BCUT2D eigenvalue weighted by Crippen LogP contribution is 2.17. The summed E-state index contributed by atoms with van der Waals surface area (Å²) in [6.45, 7) is 4.20. The molecule has 0 radical (unpaired) electrons. The van der Waals surface area contributed by atoms with Crippen LogP contribution in [0.1, 0.15) is 17.1 Å². The third-order valence-electron chi connectivity index (χ3n) is 3.57. The van der Waals surface area contributed by atoms with Crippen LogP contribution in [-0.2, 0) is 6.54 Å². The molecule has 0 aliphatic heterocycles. The summed E-state index contributed by atoms with van der Waals surface area (Å²) < 4.78 is 10.9. The van der Waals surface area contributed by atoms with E-state index in [4.69, 9.17) is 9.47 Å². The number of aryl methyl sites for hydroxylation is 1. The zero-order chi connectivity index (χ0) is 18.1. The number of nitrogens with one attached hydrogen (secondary N) is 1. The van der Waals surface area contributed by atoms with E-state index in [1.807, 2.05) is 38.2 Å². The summed E-state index contributed by atoms with van der Waals surface area (Å²) >= 11 is 1.67. The van der Waals surface area contributed by atoms with Crippen molar-refractivity contribution < 1.29 is 9.47 Å². The molecule has 8 heteroatoms. The molecule has 1 N–H and O–H groups in total. The summed E-state index contributed by atoms with van der Waals surface area (Å²) in [5, 5.41) is 6.52. The third-order valence-corrected chi connectivity index (χ3v) is 4.39. The minimum atomic E-state index is 0. The van der Waals surface area contributed by atoms with Crippen LogP contribution in [-0.4, -0.2) is 50.2 Å². The first-order valence-corrected chi connectivity index (χ1v) is 9.10. The molecule has 26 heavy (non-hydrogen) atoms. The zero-order valence-electron chi connectivity index (χ0n) is 15.7. The van der Waals surface area contributed by atoms with Crippen molar-refractivity contribution in [1.29, 1.82) is 0 Å². The summed E-state index contributed by atoms with van der Waals surface area (Å²) in [7, 11) is 5.46. The molecule has 0 amide bonds. The Morgan fingerprint density at radius 2 is 1.96 bits per heavy atom. The van der Waals surface area contributed by atoms with Crippen LogP contribution in [0.2, 0.25) is 0 Å². The second-order valence-electron chi connectivity index (χ2n) is 5.57. The van der Waals surface area contributed by atoms with E-state index in [1.165, 1.54) is 0 Å². The van der Waals surface area contributed by atoms with Gasteiger partial charge in [-0.15, -0.1) is 35.3 Å². The molecule has 0 unspecified atom stereocenters. The van der Waals surface area contributed by atoms with E-state index in [9.17, 15) is 0 Å². The first kappa shape index (κ1) is 22.5. The molecular formula is C18H27IN4O2S. The maximum absolute atomic E-state index is 5.72. The van der Waals surface area contributed by atoms with E-state index in [0.29, 0.717) is 6.61 Å². The van der Waals surface area contributed by atoms with Gasteiger partial charge in [0.25, 0.3) is 0 Å². The predicted molar refractivity (Wildman–Crippen MR) is 118 cm³/mol. The summed E-state index contributed by atoms with van der Waals surface area (Å²) in [6, 6.07) is 7.61. The molecular weight excluding hydrogens is 463 g/mol. The number of hydrogen-bond donors (Lipinski definition) is 1. The van der Waals surface area contributed by atoms with E-state index < -0.39 is 0 Å². The lowest BCUT2D eigenvalue weighted by molar-refractivity contribution is 0.309. The average Bonchev–Trinajstić information content (AvgIpc) is 3.03. The maximum Gasteiger partial charge on any atom is 0.193 e. The molecule has 6 nitrogen and oxygen atoms in total. The Hall–Kier alpha value is -1.55. The SMILES string of the molecule is CN=C(NCCCOc1ccc(OC)cc1)N(C)Cc1csc(C)n1.I. The van der Waals surface area contributed by atoms with Gasteiger partial charge in [0.15, 0.2) is 5.96 Å². The highest BCUT2D eigenvalue weighted by molar-refractivity contribution is 14.0. The van der Waals surface area contributed by atoms with Gasteiger partial charge in [-0.05, 0) is 37.6 Å². The van der Waals surface area contributed by atoms with Gasteiger partial charge in [0.05, 0.1) is 31.0 Å². The highest BCUT2D eigenvalue weighted by atomic mass is 127. The Kier molecular flexibility index (Phi) is 10.3. The van der Waals surface area contributed by atoms with Crippen LogP contribution in [0.5, 0.6) is 11.5 Å². The number of guanidine groups is 1. The number of aromatic nitrogens is 1. The van der Waals surface area contributed by atoms with Crippen molar-refractivity contribution in [2.24, 2.45) is 4.99 Å². The van der Waals surface area contributed by atoms with E-state index in [2.05, 4.69) is 25.6 Å². The number of benzene rings is 1. The zero-order valence-corrected chi connectivity index (χ0v) is 18.8. The molecule has 1 heterocycles. The van der Waals surface area contributed by atoms with Crippen molar-refractivity contribution in [3.63, 3.8) is 0 Å². The van der Waals surface area contributed by atoms with Gasteiger partial charge in [-0.25, -0.2) is 4.98 Å². The summed E-state index contributed by atoms with van der Waals surface area (Å²) in [4.78, 5) is 10.9. The first-order valence-electron chi connectivity index (χ1n) is 8.22. The molecule has 0 saturated carbocycles. The molecule has 1 aromatic heterocycles. The fourth-order valence-electron chi connectivity index (χ4n) is 2.32. The van der Waals surface area contributed by atoms with Crippen LogP contribution in [0, 0.1) is 6.92 Å². The molecule has 0 aliphatic rings. The maximum atomic E-state index is 5.72. The van der Waals surface area contributed by atoms with Crippen LogP contribution >= 0.6 is 35.3 Å². The smallest absolute Gasteiger partial charge is 0.193 e. The third kappa shape index (κ3) is 7.36. The number of halogens is 1. The first-order chi connectivity index (χ1) is 12.1. The molecule has 2 aromatic rings. The molecule has 0 spiro atoms. The Labute approximate surface area is 176 Å². The number of hydrogen-bond acceptors (Lipinski definition) is 5. The summed E-state index contributed by atoms with van der Waals surface area (Å²) in [6.07, 6.45) is 0.884. The summed E-state index contributed by atoms with van der Waals surface area (Å²) in [5.74, 6) is 2.53. The van der Waals surface area contributed by atoms with E-state index >= 15 is 0 Å². The monoisotopic (exact) mass is 490 g/mol. The predicted octanol–water partition coefficient (Wildman–Crippen LogP) is 3.55. The Balaban J connectivity index is 0.00000338. The van der Waals surface area contributed by atoms with Gasteiger partial charge in [-0.3, -0.25) is 4.99 Å². The Morgan fingerprint density at radius 3 is 2.54 bits per heavy atom. The van der Waals surface area contributed by atoms with E-state index in [-0.39, 0.29) is 24.0 Å². The normalized spacial score (nSPS) is 10.8. The van der Waals surface area contributed by atoms with Crippen molar-refractivity contribution in [1.82, 2.24) is 15.2 Å². The molecule has 0 bridgehead atoms. The van der Waals surface area contributed by atoms with Crippen molar-refractivity contribution >= 4 is 41.3 Å². The minimum absolute atomic E-state index is 0. The van der Waals surface area contributed by atoms with Gasteiger partial charge in [0.2, 0.25) is 0 Å². The fraction of sp³-hybridized carbons (Fsp3) is 0.444. The lowest BCUT2D eigenvalue weighted by Gasteiger charge is -2.21. The molecule has 0 saturated heterocycles.